The molecule has 3 aromatic rings. The lowest BCUT2D eigenvalue weighted by atomic mass is 9.98. The number of piperazine rings is 1. The first-order valence-corrected chi connectivity index (χ1v) is 11.7. The summed E-state index contributed by atoms with van der Waals surface area (Å²) in [6.07, 6.45) is 3.90. The topological polar surface area (TPSA) is 93.5 Å². The summed E-state index contributed by atoms with van der Waals surface area (Å²) in [5.41, 5.74) is 4.75. The molecule has 1 atom stereocenters. The minimum absolute atomic E-state index is 0.158. The first-order chi connectivity index (χ1) is 16.6. The standard InChI is InChI=1S/C25H28N6O3/c1-2-21(14-19-5-8-23-20(13-19)16-34-25(23)33)29-9-11-30(12-10-29)24(32)15-18-3-6-22(7-4-18)31-17-26-27-28-31/h3-8,13,17,21H,2,9-12,14-16H2,1H3. The minimum Gasteiger partial charge on any atom is -0.457 e. The monoisotopic (exact) mass is 460 g/mol. The number of benzene rings is 2. The molecule has 0 saturated carbocycles. The molecule has 2 aromatic carbocycles. The zero-order chi connectivity index (χ0) is 23.5. The van der Waals surface area contributed by atoms with E-state index in [9.17, 15) is 9.59 Å². The summed E-state index contributed by atoms with van der Waals surface area (Å²) in [6.45, 7) is 5.81. The average molecular weight is 461 g/mol. The number of nitrogens with zero attached hydrogens (tertiary/aromatic N) is 6. The maximum atomic E-state index is 12.9. The van der Waals surface area contributed by atoms with Gasteiger partial charge in [-0.2, -0.15) is 0 Å². The number of fused-ring (bicyclic) bond motifs is 1. The van der Waals surface area contributed by atoms with Crippen LogP contribution in [0.2, 0.25) is 0 Å². The Morgan fingerprint density at radius 3 is 2.53 bits per heavy atom. The van der Waals surface area contributed by atoms with Gasteiger partial charge in [-0.25, -0.2) is 9.48 Å². The molecular weight excluding hydrogens is 432 g/mol. The normalized spacial score (nSPS) is 16.9. The molecule has 0 aliphatic carbocycles. The molecule has 1 aromatic heterocycles. The fourth-order valence-electron chi connectivity index (χ4n) is 4.79. The van der Waals surface area contributed by atoms with Crippen LogP contribution in [0.1, 0.15) is 40.4 Å². The van der Waals surface area contributed by atoms with E-state index in [4.69, 9.17) is 4.74 Å². The van der Waals surface area contributed by atoms with Gasteiger partial charge >= 0.3 is 5.97 Å². The van der Waals surface area contributed by atoms with Crippen LogP contribution in [0.25, 0.3) is 5.69 Å². The van der Waals surface area contributed by atoms with E-state index in [-0.39, 0.29) is 11.9 Å². The van der Waals surface area contributed by atoms with Crippen LogP contribution in [-0.4, -0.2) is 74.1 Å². The van der Waals surface area contributed by atoms with E-state index >= 15 is 0 Å². The summed E-state index contributed by atoms with van der Waals surface area (Å²) in [7, 11) is 0. The third-order valence-corrected chi connectivity index (χ3v) is 6.78. The molecule has 0 N–H and O–H groups in total. The van der Waals surface area contributed by atoms with Crippen molar-refractivity contribution in [2.45, 2.75) is 38.8 Å². The molecule has 9 nitrogen and oxygen atoms in total. The molecule has 2 aliphatic heterocycles. The van der Waals surface area contributed by atoms with E-state index in [0.29, 0.717) is 24.6 Å². The van der Waals surface area contributed by atoms with E-state index in [0.717, 1.165) is 55.8 Å². The van der Waals surface area contributed by atoms with Gasteiger partial charge in [0.05, 0.1) is 17.7 Å². The number of esters is 1. The van der Waals surface area contributed by atoms with Crippen molar-refractivity contribution in [3.05, 3.63) is 71.0 Å². The summed E-state index contributed by atoms with van der Waals surface area (Å²) in [4.78, 5) is 29.0. The number of carbonyl (C=O) groups excluding carboxylic acids is 2. The molecule has 1 saturated heterocycles. The summed E-state index contributed by atoms with van der Waals surface area (Å²) < 4.78 is 6.72. The van der Waals surface area contributed by atoms with Crippen LogP contribution >= 0.6 is 0 Å². The summed E-state index contributed by atoms with van der Waals surface area (Å²) in [5.74, 6) is -0.0657. The Bertz CT molecular complexity index is 1150. The summed E-state index contributed by atoms with van der Waals surface area (Å²) in [6, 6.07) is 14.2. The van der Waals surface area contributed by atoms with Crippen molar-refractivity contribution in [2.75, 3.05) is 26.2 Å². The fraction of sp³-hybridized carbons (Fsp3) is 0.400. The maximum Gasteiger partial charge on any atom is 0.338 e. The van der Waals surface area contributed by atoms with Crippen LogP contribution in [0.3, 0.4) is 0 Å². The van der Waals surface area contributed by atoms with Crippen LogP contribution in [0.15, 0.2) is 48.8 Å². The molecule has 2 aliphatic rings. The number of rotatable bonds is 7. The fourth-order valence-corrected chi connectivity index (χ4v) is 4.79. The largest absolute Gasteiger partial charge is 0.457 e. The Kier molecular flexibility index (Phi) is 6.35. The van der Waals surface area contributed by atoms with E-state index in [1.165, 1.54) is 5.56 Å². The number of aromatic nitrogens is 4. The molecular formula is C25H28N6O3. The Balaban J connectivity index is 1.14. The lowest BCUT2D eigenvalue weighted by Gasteiger charge is -2.39. The highest BCUT2D eigenvalue weighted by Gasteiger charge is 2.26. The van der Waals surface area contributed by atoms with Gasteiger partial charge in [0.25, 0.3) is 0 Å². The molecule has 0 spiro atoms. The highest BCUT2D eigenvalue weighted by Crippen LogP contribution is 2.23. The number of cyclic esters (lactones) is 1. The van der Waals surface area contributed by atoms with Gasteiger partial charge in [0.1, 0.15) is 12.9 Å². The molecule has 9 heteroatoms. The lowest BCUT2D eigenvalue weighted by Crippen LogP contribution is -2.52. The van der Waals surface area contributed by atoms with Crippen LogP contribution < -0.4 is 0 Å². The van der Waals surface area contributed by atoms with Gasteiger partial charge in [0, 0.05) is 37.8 Å². The first kappa shape index (κ1) is 22.2. The average Bonchev–Trinajstić information content (AvgIpc) is 3.53. The van der Waals surface area contributed by atoms with Crippen LogP contribution in [0, 0.1) is 0 Å². The predicted octanol–water partition coefficient (Wildman–Crippen LogP) is 2.04. The number of ether oxygens (including phenoxy) is 1. The van der Waals surface area contributed by atoms with Crippen LogP contribution in [0.4, 0.5) is 0 Å². The zero-order valence-corrected chi connectivity index (χ0v) is 19.3. The molecule has 3 heterocycles. The Hall–Kier alpha value is -3.59. The molecule has 1 amide bonds. The first-order valence-electron chi connectivity index (χ1n) is 11.7. The van der Waals surface area contributed by atoms with Gasteiger partial charge in [0.2, 0.25) is 5.91 Å². The number of amides is 1. The van der Waals surface area contributed by atoms with Crippen molar-refractivity contribution in [2.24, 2.45) is 0 Å². The van der Waals surface area contributed by atoms with Gasteiger partial charge in [-0.3, -0.25) is 9.69 Å². The molecule has 1 fully saturated rings. The second-order valence-electron chi connectivity index (χ2n) is 8.85. The number of tetrazole rings is 1. The van der Waals surface area contributed by atoms with Gasteiger partial charge in [-0.05, 0) is 52.6 Å². The van der Waals surface area contributed by atoms with Crippen molar-refractivity contribution in [1.82, 2.24) is 30.0 Å². The van der Waals surface area contributed by atoms with E-state index < -0.39 is 0 Å². The van der Waals surface area contributed by atoms with Gasteiger partial charge in [0.15, 0.2) is 0 Å². The van der Waals surface area contributed by atoms with Crippen molar-refractivity contribution in [3.8, 4) is 5.69 Å². The van der Waals surface area contributed by atoms with Gasteiger partial charge < -0.3 is 9.64 Å². The lowest BCUT2D eigenvalue weighted by molar-refractivity contribution is -0.132. The van der Waals surface area contributed by atoms with Crippen LogP contribution in [0.5, 0.6) is 0 Å². The highest BCUT2D eigenvalue weighted by atomic mass is 16.5. The molecule has 5 rings (SSSR count). The number of carbonyl (C=O) groups is 2. The predicted molar refractivity (Wildman–Crippen MR) is 124 cm³/mol. The molecule has 1 unspecified atom stereocenters. The molecule has 0 radical (unpaired) electrons. The quantitative estimate of drug-likeness (QED) is 0.498. The van der Waals surface area contributed by atoms with E-state index in [2.05, 4.69) is 33.4 Å². The molecule has 176 valence electrons. The second kappa shape index (κ2) is 9.72. The van der Waals surface area contributed by atoms with Gasteiger partial charge in [-0.15, -0.1) is 5.10 Å². The number of hydrogen-bond donors (Lipinski definition) is 0. The Labute approximate surface area is 198 Å². The second-order valence-corrected chi connectivity index (χ2v) is 8.85. The maximum absolute atomic E-state index is 12.9. The van der Waals surface area contributed by atoms with Crippen molar-refractivity contribution < 1.29 is 14.3 Å². The van der Waals surface area contributed by atoms with Crippen molar-refractivity contribution in [1.29, 1.82) is 0 Å². The van der Waals surface area contributed by atoms with Crippen molar-refractivity contribution >= 4 is 11.9 Å². The molecule has 34 heavy (non-hydrogen) atoms. The molecule has 0 bridgehead atoms. The van der Waals surface area contributed by atoms with Crippen molar-refractivity contribution in [3.63, 3.8) is 0 Å². The Morgan fingerprint density at radius 1 is 1.06 bits per heavy atom. The third kappa shape index (κ3) is 4.70. The van der Waals surface area contributed by atoms with Crippen LogP contribution in [-0.2, 0) is 29.0 Å². The van der Waals surface area contributed by atoms with E-state index in [1.54, 1.807) is 11.0 Å². The number of hydrogen-bond acceptors (Lipinski definition) is 7. The highest BCUT2D eigenvalue weighted by molar-refractivity contribution is 5.93. The van der Waals surface area contributed by atoms with E-state index in [1.807, 2.05) is 41.3 Å². The summed E-state index contributed by atoms with van der Waals surface area (Å²) >= 11 is 0. The minimum atomic E-state index is -0.224. The van der Waals surface area contributed by atoms with Gasteiger partial charge in [-0.1, -0.05) is 31.2 Å². The third-order valence-electron chi connectivity index (χ3n) is 6.78. The zero-order valence-electron chi connectivity index (χ0n) is 19.3. The SMILES string of the molecule is CCC(Cc1ccc2c(c1)COC2=O)N1CCN(C(=O)Cc2ccc(-n3cnnn3)cc2)CC1. The Morgan fingerprint density at radius 2 is 1.82 bits per heavy atom. The summed E-state index contributed by atoms with van der Waals surface area (Å²) in [5, 5.41) is 11.2. The smallest absolute Gasteiger partial charge is 0.338 e.